The van der Waals surface area contributed by atoms with Gasteiger partial charge in [0.1, 0.15) is 0 Å². The lowest BCUT2D eigenvalue weighted by molar-refractivity contribution is 0.102. The summed E-state index contributed by atoms with van der Waals surface area (Å²) >= 11 is 2.13. The van der Waals surface area contributed by atoms with E-state index in [1.807, 2.05) is 6.07 Å². The second-order valence-electron chi connectivity index (χ2n) is 4.04. The van der Waals surface area contributed by atoms with E-state index < -0.39 is 5.82 Å². The molecule has 0 saturated carbocycles. The summed E-state index contributed by atoms with van der Waals surface area (Å²) in [5.74, 6) is -0.584. The van der Waals surface area contributed by atoms with Crippen molar-refractivity contribution in [2.24, 2.45) is 0 Å². The summed E-state index contributed by atoms with van der Waals surface area (Å²) < 4.78 is 19.8. The van der Waals surface area contributed by atoms with Crippen LogP contribution in [0.1, 0.15) is 17.3 Å². The first-order chi connectivity index (χ1) is 9.60. The van der Waals surface area contributed by atoms with Crippen LogP contribution in [0, 0.1) is 9.39 Å². The number of rotatable bonds is 4. The number of carbonyl (C=O) groups is 1. The van der Waals surface area contributed by atoms with Crippen molar-refractivity contribution < 1.29 is 13.9 Å². The molecule has 0 saturated heterocycles. The summed E-state index contributed by atoms with van der Waals surface area (Å²) in [7, 11) is 0. The molecule has 0 fully saturated rings. The number of hydrogen-bond donors (Lipinski definition) is 1. The van der Waals surface area contributed by atoms with Crippen LogP contribution < -0.4 is 10.1 Å². The van der Waals surface area contributed by atoms with Gasteiger partial charge in [-0.05, 0) is 59.8 Å². The van der Waals surface area contributed by atoms with Gasteiger partial charge in [-0.3, -0.25) is 4.79 Å². The van der Waals surface area contributed by atoms with Gasteiger partial charge in [0.15, 0.2) is 11.6 Å². The van der Waals surface area contributed by atoms with E-state index in [0.29, 0.717) is 17.9 Å². The van der Waals surface area contributed by atoms with Crippen LogP contribution in [-0.4, -0.2) is 12.5 Å². The Hall–Kier alpha value is -1.63. The van der Waals surface area contributed by atoms with Gasteiger partial charge in [-0.2, -0.15) is 0 Å². The van der Waals surface area contributed by atoms with Gasteiger partial charge < -0.3 is 10.1 Å². The van der Waals surface area contributed by atoms with Crippen LogP contribution >= 0.6 is 22.6 Å². The maximum Gasteiger partial charge on any atom is 0.255 e. The Morgan fingerprint density at radius 2 is 2.10 bits per heavy atom. The van der Waals surface area contributed by atoms with Crippen molar-refractivity contribution in [3.8, 4) is 5.75 Å². The van der Waals surface area contributed by atoms with E-state index in [0.717, 1.165) is 3.57 Å². The van der Waals surface area contributed by atoms with Gasteiger partial charge in [0, 0.05) is 20.9 Å². The number of amides is 1. The Balaban J connectivity index is 2.14. The number of hydrogen-bond acceptors (Lipinski definition) is 2. The van der Waals surface area contributed by atoms with Crippen molar-refractivity contribution in [3.63, 3.8) is 0 Å². The molecule has 1 amide bonds. The average molecular weight is 385 g/mol. The minimum absolute atomic E-state index is 0.180. The molecule has 20 heavy (non-hydrogen) atoms. The second-order valence-corrected chi connectivity index (χ2v) is 5.29. The first kappa shape index (κ1) is 14.8. The first-order valence-corrected chi connectivity index (χ1v) is 7.17. The van der Waals surface area contributed by atoms with E-state index in [9.17, 15) is 9.18 Å². The Kier molecular flexibility index (Phi) is 4.94. The Labute approximate surface area is 130 Å². The van der Waals surface area contributed by atoms with Crippen LogP contribution in [0.3, 0.4) is 0 Å². The largest absolute Gasteiger partial charge is 0.491 e. The summed E-state index contributed by atoms with van der Waals surface area (Å²) in [6.07, 6.45) is 0. The molecule has 0 spiro atoms. The third-order valence-electron chi connectivity index (χ3n) is 2.58. The minimum atomic E-state index is -0.493. The molecule has 0 aromatic heterocycles. The number of nitrogens with one attached hydrogen (secondary N) is 1. The monoisotopic (exact) mass is 385 g/mol. The van der Waals surface area contributed by atoms with Crippen molar-refractivity contribution in [1.82, 2.24) is 0 Å². The molecule has 0 aliphatic carbocycles. The molecule has 2 rings (SSSR count). The fourth-order valence-corrected chi connectivity index (χ4v) is 2.23. The summed E-state index contributed by atoms with van der Waals surface area (Å²) in [4.78, 5) is 12.0. The van der Waals surface area contributed by atoms with Gasteiger partial charge in [0.05, 0.1) is 6.61 Å². The van der Waals surface area contributed by atoms with E-state index in [1.54, 1.807) is 31.2 Å². The Morgan fingerprint density at radius 3 is 2.75 bits per heavy atom. The topological polar surface area (TPSA) is 38.3 Å². The van der Waals surface area contributed by atoms with Crippen LogP contribution in [-0.2, 0) is 0 Å². The van der Waals surface area contributed by atoms with E-state index in [1.165, 1.54) is 12.1 Å². The standard InChI is InChI=1S/C15H13FINO2/c1-2-20-14-7-6-12(9-13(14)16)18-15(19)10-4-3-5-11(17)8-10/h3-9H,2H2,1H3,(H,18,19). The predicted molar refractivity (Wildman–Crippen MR) is 84.7 cm³/mol. The SMILES string of the molecule is CCOc1ccc(NC(=O)c2cccc(I)c2)cc1F. The molecule has 2 aromatic rings. The molecular weight excluding hydrogens is 372 g/mol. The number of ether oxygens (including phenoxy) is 1. The molecule has 1 N–H and O–H groups in total. The van der Waals surface area contributed by atoms with E-state index in [-0.39, 0.29) is 11.7 Å². The summed E-state index contributed by atoms with van der Waals surface area (Å²) in [5, 5.41) is 2.66. The van der Waals surface area contributed by atoms with Crippen molar-refractivity contribution >= 4 is 34.2 Å². The van der Waals surface area contributed by atoms with Crippen LogP contribution in [0.25, 0.3) is 0 Å². The molecule has 0 radical (unpaired) electrons. The molecule has 3 nitrogen and oxygen atoms in total. The first-order valence-electron chi connectivity index (χ1n) is 6.09. The smallest absolute Gasteiger partial charge is 0.255 e. The normalized spacial score (nSPS) is 10.2. The zero-order chi connectivity index (χ0) is 14.5. The van der Waals surface area contributed by atoms with Crippen LogP contribution in [0.2, 0.25) is 0 Å². The fourth-order valence-electron chi connectivity index (χ4n) is 1.68. The van der Waals surface area contributed by atoms with Crippen molar-refractivity contribution in [3.05, 3.63) is 57.4 Å². The molecule has 0 heterocycles. The van der Waals surface area contributed by atoms with Crippen LogP contribution in [0.5, 0.6) is 5.75 Å². The number of anilines is 1. The summed E-state index contributed by atoms with van der Waals surface area (Å²) in [6.45, 7) is 2.18. The summed E-state index contributed by atoms with van der Waals surface area (Å²) in [5.41, 5.74) is 0.931. The third-order valence-corrected chi connectivity index (χ3v) is 3.25. The van der Waals surface area contributed by atoms with Gasteiger partial charge in [-0.1, -0.05) is 6.07 Å². The van der Waals surface area contributed by atoms with E-state index in [4.69, 9.17) is 4.74 Å². The summed E-state index contributed by atoms with van der Waals surface area (Å²) in [6, 6.07) is 11.5. The Morgan fingerprint density at radius 1 is 1.30 bits per heavy atom. The maximum absolute atomic E-state index is 13.7. The third kappa shape index (κ3) is 3.69. The second kappa shape index (κ2) is 6.69. The molecule has 0 bridgehead atoms. The minimum Gasteiger partial charge on any atom is -0.491 e. The molecule has 0 aliphatic heterocycles. The van der Waals surface area contributed by atoms with Gasteiger partial charge in [-0.25, -0.2) is 4.39 Å². The number of halogens is 2. The average Bonchev–Trinajstić information content (AvgIpc) is 2.42. The molecule has 2 aromatic carbocycles. The van der Waals surface area contributed by atoms with E-state index >= 15 is 0 Å². The highest BCUT2D eigenvalue weighted by atomic mass is 127. The molecule has 5 heteroatoms. The lowest BCUT2D eigenvalue weighted by Gasteiger charge is -2.08. The zero-order valence-corrected chi connectivity index (χ0v) is 13.0. The molecular formula is C15H13FINO2. The van der Waals surface area contributed by atoms with Gasteiger partial charge in [0.25, 0.3) is 5.91 Å². The van der Waals surface area contributed by atoms with Crippen LogP contribution in [0.15, 0.2) is 42.5 Å². The van der Waals surface area contributed by atoms with Crippen molar-refractivity contribution in [2.75, 3.05) is 11.9 Å². The highest BCUT2D eigenvalue weighted by molar-refractivity contribution is 14.1. The van der Waals surface area contributed by atoms with Crippen molar-refractivity contribution in [2.45, 2.75) is 6.92 Å². The van der Waals surface area contributed by atoms with Gasteiger partial charge in [0.2, 0.25) is 0 Å². The number of benzene rings is 2. The lowest BCUT2D eigenvalue weighted by Crippen LogP contribution is -2.12. The quantitative estimate of drug-likeness (QED) is 0.806. The van der Waals surface area contributed by atoms with E-state index in [2.05, 4.69) is 27.9 Å². The highest BCUT2D eigenvalue weighted by Gasteiger charge is 2.09. The number of carbonyl (C=O) groups excluding carboxylic acids is 1. The molecule has 0 aliphatic rings. The fraction of sp³-hybridized carbons (Fsp3) is 0.133. The maximum atomic E-state index is 13.7. The highest BCUT2D eigenvalue weighted by Crippen LogP contribution is 2.21. The zero-order valence-electron chi connectivity index (χ0n) is 10.8. The van der Waals surface area contributed by atoms with Crippen LogP contribution in [0.4, 0.5) is 10.1 Å². The van der Waals surface area contributed by atoms with Gasteiger partial charge in [-0.15, -0.1) is 0 Å². The van der Waals surface area contributed by atoms with Gasteiger partial charge >= 0.3 is 0 Å². The predicted octanol–water partition coefficient (Wildman–Crippen LogP) is 4.08. The molecule has 0 atom stereocenters. The lowest BCUT2D eigenvalue weighted by atomic mass is 10.2. The Bertz CT molecular complexity index is 631. The molecule has 0 unspecified atom stereocenters. The molecule has 104 valence electrons. The van der Waals surface area contributed by atoms with Crippen molar-refractivity contribution in [1.29, 1.82) is 0 Å².